The minimum atomic E-state index is -0.791. The van der Waals surface area contributed by atoms with Crippen molar-refractivity contribution in [3.63, 3.8) is 0 Å². The van der Waals surface area contributed by atoms with Crippen LogP contribution in [0.5, 0.6) is 0 Å². The quantitative estimate of drug-likeness (QED) is 0.895. The van der Waals surface area contributed by atoms with Crippen LogP contribution in [0, 0.1) is 11.3 Å². The van der Waals surface area contributed by atoms with Gasteiger partial charge in [-0.15, -0.1) is 0 Å². The van der Waals surface area contributed by atoms with Crippen molar-refractivity contribution in [3.8, 4) is 6.07 Å². The van der Waals surface area contributed by atoms with E-state index in [2.05, 4.69) is 11.0 Å². The van der Waals surface area contributed by atoms with Crippen molar-refractivity contribution in [1.82, 2.24) is 4.90 Å². The Labute approximate surface area is 119 Å². The zero-order valence-electron chi connectivity index (χ0n) is 11.7. The second-order valence-electron chi connectivity index (χ2n) is 5.42. The summed E-state index contributed by atoms with van der Waals surface area (Å²) in [6, 6.07) is 9.95. The molecule has 0 bridgehead atoms. The predicted molar refractivity (Wildman–Crippen MR) is 76.2 cm³/mol. The van der Waals surface area contributed by atoms with Gasteiger partial charge in [-0.25, -0.2) is 0 Å². The van der Waals surface area contributed by atoms with Gasteiger partial charge in [0.25, 0.3) is 0 Å². The molecule has 0 radical (unpaired) electrons. The Bertz CT molecular complexity index is 515. The van der Waals surface area contributed by atoms with Gasteiger partial charge in [0.2, 0.25) is 0 Å². The molecular weight excluding hydrogens is 252 g/mol. The lowest BCUT2D eigenvalue weighted by Gasteiger charge is -2.33. The average Bonchev–Trinajstić information content (AvgIpc) is 2.98. The number of carbonyl (C=O) groups is 1. The normalized spacial score (nSPS) is 17.1. The monoisotopic (exact) mass is 272 g/mol. The Hall–Kier alpha value is -1.86. The van der Waals surface area contributed by atoms with Gasteiger partial charge in [0.15, 0.2) is 0 Å². The van der Waals surface area contributed by atoms with Gasteiger partial charge in [0.05, 0.1) is 18.2 Å². The molecule has 1 aromatic carbocycles. The molecule has 4 heteroatoms. The van der Waals surface area contributed by atoms with E-state index in [1.165, 1.54) is 12.8 Å². The molecule has 0 saturated heterocycles. The second-order valence-corrected chi connectivity index (χ2v) is 5.42. The first kappa shape index (κ1) is 14.5. The predicted octanol–water partition coefficient (Wildman–Crippen LogP) is 2.95. The molecule has 1 saturated carbocycles. The van der Waals surface area contributed by atoms with E-state index in [1.807, 2.05) is 25.1 Å². The van der Waals surface area contributed by atoms with Crippen molar-refractivity contribution in [2.24, 2.45) is 0 Å². The molecule has 1 aliphatic rings. The molecule has 1 fully saturated rings. The highest BCUT2D eigenvalue weighted by atomic mass is 16.4. The minimum Gasteiger partial charge on any atom is -0.480 e. The SMILES string of the molecule is CC(c1cccc(C#N)c1)N(CC(=O)O)C1CCCC1. The van der Waals surface area contributed by atoms with E-state index in [9.17, 15) is 4.79 Å². The lowest BCUT2D eigenvalue weighted by atomic mass is 10.0. The molecule has 0 heterocycles. The summed E-state index contributed by atoms with van der Waals surface area (Å²) < 4.78 is 0. The minimum absolute atomic E-state index is 0.0162. The van der Waals surface area contributed by atoms with Crippen molar-refractivity contribution < 1.29 is 9.90 Å². The maximum Gasteiger partial charge on any atom is 0.317 e. The Morgan fingerprint density at radius 2 is 2.20 bits per heavy atom. The van der Waals surface area contributed by atoms with Gasteiger partial charge in [-0.1, -0.05) is 25.0 Å². The molecule has 20 heavy (non-hydrogen) atoms. The van der Waals surface area contributed by atoms with Gasteiger partial charge >= 0.3 is 5.97 Å². The molecule has 1 unspecified atom stereocenters. The van der Waals surface area contributed by atoms with Crippen LogP contribution in [0.3, 0.4) is 0 Å². The fourth-order valence-electron chi connectivity index (χ4n) is 3.03. The average molecular weight is 272 g/mol. The first-order valence-corrected chi connectivity index (χ1v) is 7.09. The molecule has 1 atom stereocenters. The number of hydrogen-bond donors (Lipinski definition) is 1. The molecule has 1 N–H and O–H groups in total. The van der Waals surface area contributed by atoms with Crippen molar-refractivity contribution in [1.29, 1.82) is 5.26 Å². The van der Waals surface area contributed by atoms with Gasteiger partial charge < -0.3 is 5.11 Å². The maximum absolute atomic E-state index is 11.1. The number of nitrogens with zero attached hydrogens (tertiary/aromatic N) is 2. The van der Waals surface area contributed by atoms with Crippen LogP contribution >= 0.6 is 0 Å². The molecule has 0 aliphatic heterocycles. The van der Waals surface area contributed by atoms with Crippen molar-refractivity contribution in [3.05, 3.63) is 35.4 Å². The summed E-state index contributed by atoms with van der Waals surface area (Å²) >= 11 is 0. The summed E-state index contributed by atoms with van der Waals surface area (Å²) in [5.74, 6) is -0.791. The van der Waals surface area contributed by atoms with Crippen molar-refractivity contribution in [2.75, 3.05) is 6.54 Å². The Morgan fingerprint density at radius 3 is 2.80 bits per heavy atom. The number of aliphatic carboxylic acids is 1. The van der Waals surface area contributed by atoms with E-state index < -0.39 is 5.97 Å². The number of carboxylic acids is 1. The smallest absolute Gasteiger partial charge is 0.317 e. The van der Waals surface area contributed by atoms with E-state index in [4.69, 9.17) is 10.4 Å². The van der Waals surface area contributed by atoms with E-state index >= 15 is 0 Å². The van der Waals surface area contributed by atoms with Gasteiger partial charge in [0, 0.05) is 12.1 Å². The highest BCUT2D eigenvalue weighted by Gasteiger charge is 2.28. The molecule has 1 aromatic rings. The molecule has 0 aromatic heterocycles. The van der Waals surface area contributed by atoms with E-state index in [-0.39, 0.29) is 12.6 Å². The van der Waals surface area contributed by atoms with E-state index in [1.54, 1.807) is 6.07 Å². The summed E-state index contributed by atoms with van der Waals surface area (Å²) in [7, 11) is 0. The van der Waals surface area contributed by atoms with Crippen molar-refractivity contribution in [2.45, 2.75) is 44.7 Å². The summed E-state index contributed by atoms with van der Waals surface area (Å²) in [6.45, 7) is 2.08. The summed E-state index contributed by atoms with van der Waals surface area (Å²) in [5, 5.41) is 18.1. The van der Waals surface area contributed by atoms with Crippen LogP contribution < -0.4 is 0 Å². The lowest BCUT2D eigenvalue weighted by molar-refractivity contribution is -0.139. The number of hydrogen-bond acceptors (Lipinski definition) is 3. The summed E-state index contributed by atoms with van der Waals surface area (Å²) in [6.07, 6.45) is 4.47. The highest BCUT2D eigenvalue weighted by molar-refractivity contribution is 5.69. The number of benzene rings is 1. The molecular formula is C16H20N2O2. The van der Waals surface area contributed by atoms with Crippen LogP contribution in [0.4, 0.5) is 0 Å². The van der Waals surface area contributed by atoms with Crippen LogP contribution in [0.25, 0.3) is 0 Å². The Kier molecular flexibility index (Phi) is 4.75. The lowest BCUT2D eigenvalue weighted by Crippen LogP contribution is -2.39. The van der Waals surface area contributed by atoms with Crippen molar-refractivity contribution >= 4 is 5.97 Å². The van der Waals surface area contributed by atoms with Crippen LogP contribution in [-0.2, 0) is 4.79 Å². The van der Waals surface area contributed by atoms with E-state index in [0.717, 1.165) is 18.4 Å². The standard InChI is InChI=1S/C16H20N2O2/c1-12(14-6-4-5-13(9-14)10-17)18(11-16(19)20)15-7-2-3-8-15/h4-6,9,12,15H,2-3,7-8,11H2,1H3,(H,19,20). The molecule has 1 aliphatic carbocycles. The zero-order valence-corrected chi connectivity index (χ0v) is 11.7. The second kappa shape index (κ2) is 6.53. The van der Waals surface area contributed by atoms with E-state index in [0.29, 0.717) is 11.6 Å². The number of nitriles is 1. The largest absolute Gasteiger partial charge is 0.480 e. The topological polar surface area (TPSA) is 64.3 Å². The van der Waals surface area contributed by atoms with Crippen LogP contribution in [0.1, 0.15) is 49.8 Å². The summed E-state index contributed by atoms with van der Waals surface area (Å²) in [4.78, 5) is 13.2. The maximum atomic E-state index is 11.1. The Balaban J connectivity index is 2.22. The molecule has 4 nitrogen and oxygen atoms in total. The highest BCUT2D eigenvalue weighted by Crippen LogP contribution is 2.30. The molecule has 106 valence electrons. The number of carboxylic acid groups (broad SMARTS) is 1. The third-order valence-electron chi connectivity index (χ3n) is 4.11. The fourth-order valence-corrected chi connectivity index (χ4v) is 3.03. The first-order chi connectivity index (χ1) is 9.61. The van der Waals surface area contributed by atoms with Gasteiger partial charge in [-0.3, -0.25) is 9.69 Å². The van der Waals surface area contributed by atoms with Crippen LogP contribution in [0.15, 0.2) is 24.3 Å². The number of rotatable bonds is 5. The third kappa shape index (κ3) is 3.37. The Morgan fingerprint density at radius 1 is 1.50 bits per heavy atom. The van der Waals surface area contributed by atoms with Crippen LogP contribution in [-0.4, -0.2) is 28.6 Å². The van der Waals surface area contributed by atoms with Crippen LogP contribution in [0.2, 0.25) is 0 Å². The fraction of sp³-hybridized carbons (Fsp3) is 0.500. The molecule has 0 spiro atoms. The van der Waals surface area contributed by atoms with Gasteiger partial charge in [0.1, 0.15) is 0 Å². The zero-order chi connectivity index (χ0) is 14.5. The summed E-state index contributed by atoms with van der Waals surface area (Å²) in [5.41, 5.74) is 1.63. The van der Waals surface area contributed by atoms with Gasteiger partial charge in [-0.2, -0.15) is 5.26 Å². The van der Waals surface area contributed by atoms with Gasteiger partial charge in [-0.05, 0) is 37.5 Å². The third-order valence-corrected chi connectivity index (χ3v) is 4.11. The molecule has 2 rings (SSSR count). The molecule has 0 amide bonds. The first-order valence-electron chi connectivity index (χ1n) is 7.09.